The quantitative estimate of drug-likeness (QED) is 0.467. The molecule has 0 amide bonds. The predicted molar refractivity (Wildman–Crippen MR) is 30.2 cm³/mol. The lowest BCUT2D eigenvalue weighted by atomic mass is 10.2. The molecular formula is C4H7N3O. The minimum absolute atomic E-state index is 0.368. The minimum Gasteiger partial charge on any atom is -0.165 e. The van der Waals surface area contributed by atoms with Crippen LogP contribution in [0.15, 0.2) is 10.4 Å². The van der Waals surface area contributed by atoms with Gasteiger partial charge in [-0.05, 0) is 0 Å². The van der Waals surface area contributed by atoms with Gasteiger partial charge in [0.1, 0.15) is 0 Å². The summed E-state index contributed by atoms with van der Waals surface area (Å²) in [6.07, 6.45) is 1.71. The number of nitrogens with zero attached hydrogens (tertiary/aromatic N) is 3. The summed E-state index contributed by atoms with van der Waals surface area (Å²) in [6.45, 7) is 2.61. The Hall–Kier alpha value is -0.930. The normalized spacial score (nSPS) is 26.6. The van der Waals surface area contributed by atoms with Gasteiger partial charge in [0.25, 0.3) is 0 Å². The van der Waals surface area contributed by atoms with E-state index in [9.17, 15) is 4.91 Å². The number of nitroso groups, excluding NO2 is 1. The smallest absolute Gasteiger partial charge is 0.0750 e. The van der Waals surface area contributed by atoms with Crippen LogP contribution in [0.25, 0.3) is 0 Å². The number of rotatable bonds is 1. The Labute approximate surface area is 47.1 Å². The van der Waals surface area contributed by atoms with E-state index >= 15 is 0 Å². The molecule has 1 heterocycles. The Morgan fingerprint density at radius 2 is 2.75 bits per heavy atom. The molecular weight excluding hydrogens is 106 g/mol. The van der Waals surface area contributed by atoms with E-state index in [-0.39, 0.29) is 0 Å². The Morgan fingerprint density at radius 1 is 2.00 bits per heavy atom. The fraction of sp³-hybridized carbons (Fsp3) is 0.750. The maximum atomic E-state index is 9.71. The first-order chi connectivity index (χ1) is 3.83. The lowest BCUT2D eigenvalue weighted by Crippen LogP contribution is -2.08. The topological polar surface area (TPSA) is 45.0 Å². The maximum Gasteiger partial charge on any atom is 0.0750 e. The van der Waals surface area contributed by atoms with Crippen LogP contribution in [0.4, 0.5) is 0 Å². The fourth-order valence-corrected chi connectivity index (χ4v) is 0.597. The van der Waals surface area contributed by atoms with Crippen LogP contribution >= 0.6 is 0 Å². The molecule has 1 atom stereocenters. The van der Waals surface area contributed by atoms with Crippen molar-refractivity contribution in [2.24, 2.45) is 16.3 Å². The van der Waals surface area contributed by atoms with Crippen LogP contribution in [0.2, 0.25) is 0 Å². The monoisotopic (exact) mass is 113 g/mol. The maximum absolute atomic E-state index is 9.71. The van der Waals surface area contributed by atoms with Crippen molar-refractivity contribution in [3.8, 4) is 0 Å². The molecule has 0 spiro atoms. The Balaban J connectivity index is 2.45. The van der Waals surface area contributed by atoms with Crippen molar-refractivity contribution >= 4 is 6.21 Å². The van der Waals surface area contributed by atoms with E-state index in [4.69, 9.17) is 0 Å². The highest BCUT2D eigenvalue weighted by Crippen LogP contribution is 2.05. The van der Waals surface area contributed by atoms with Crippen molar-refractivity contribution in [3.63, 3.8) is 0 Å². The molecule has 8 heavy (non-hydrogen) atoms. The number of hydrazone groups is 1. The first-order valence-corrected chi connectivity index (χ1v) is 2.48. The molecule has 0 aromatic heterocycles. The Bertz CT molecular complexity index is 122. The van der Waals surface area contributed by atoms with E-state index in [0.717, 1.165) is 5.12 Å². The van der Waals surface area contributed by atoms with E-state index in [1.165, 1.54) is 0 Å². The molecule has 0 aromatic carbocycles. The summed E-state index contributed by atoms with van der Waals surface area (Å²) >= 11 is 0. The third-order valence-electron chi connectivity index (χ3n) is 1.000. The second kappa shape index (κ2) is 1.90. The van der Waals surface area contributed by atoms with Gasteiger partial charge < -0.3 is 0 Å². The largest absolute Gasteiger partial charge is 0.165 e. The predicted octanol–water partition coefficient (Wildman–Crippen LogP) is 0.605. The molecule has 0 aromatic rings. The van der Waals surface area contributed by atoms with Gasteiger partial charge in [0.05, 0.1) is 11.8 Å². The summed E-state index contributed by atoms with van der Waals surface area (Å²) in [5.41, 5.74) is 0. The average molecular weight is 113 g/mol. The van der Waals surface area contributed by atoms with Gasteiger partial charge in [0.15, 0.2) is 0 Å². The molecule has 0 fully saturated rings. The van der Waals surface area contributed by atoms with Crippen molar-refractivity contribution < 1.29 is 0 Å². The Morgan fingerprint density at radius 3 is 3.00 bits per heavy atom. The van der Waals surface area contributed by atoms with Crippen LogP contribution in [0, 0.1) is 10.8 Å². The average Bonchev–Trinajstić information content (AvgIpc) is 2.14. The minimum atomic E-state index is 0.368. The van der Waals surface area contributed by atoms with Crippen molar-refractivity contribution in [1.29, 1.82) is 0 Å². The molecule has 0 aliphatic carbocycles. The lowest BCUT2D eigenvalue weighted by Gasteiger charge is -1.99. The molecule has 0 bridgehead atoms. The molecule has 1 aliphatic rings. The first-order valence-electron chi connectivity index (χ1n) is 2.48. The summed E-state index contributed by atoms with van der Waals surface area (Å²) in [5.74, 6) is 0.368. The molecule has 0 saturated heterocycles. The SMILES string of the molecule is CC1C=NN(N=O)C1. The van der Waals surface area contributed by atoms with Crippen LogP contribution in [0.1, 0.15) is 6.92 Å². The van der Waals surface area contributed by atoms with Gasteiger partial charge >= 0.3 is 0 Å². The third-order valence-corrected chi connectivity index (χ3v) is 1.000. The number of hydrogen-bond donors (Lipinski definition) is 0. The van der Waals surface area contributed by atoms with Gasteiger partial charge in [-0.1, -0.05) is 6.92 Å². The van der Waals surface area contributed by atoms with Crippen LogP contribution < -0.4 is 0 Å². The molecule has 1 rings (SSSR count). The van der Waals surface area contributed by atoms with Gasteiger partial charge in [-0.15, -0.1) is 10.0 Å². The molecule has 1 aliphatic heterocycles. The van der Waals surface area contributed by atoms with Gasteiger partial charge in [0, 0.05) is 12.1 Å². The third kappa shape index (κ3) is 0.828. The molecule has 0 saturated carbocycles. The molecule has 0 N–H and O–H groups in total. The first kappa shape index (κ1) is 5.21. The van der Waals surface area contributed by atoms with Crippen LogP contribution in [-0.2, 0) is 0 Å². The molecule has 0 radical (unpaired) electrons. The van der Waals surface area contributed by atoms with Gasteiger partial charge in [0.2, 0.25) is 0 Å². The van der Waals surface area contributed by atoms with Crippen molar-refractivity contribution in [2.75, 3.05) is 6.54 Å². The second-order valence-corrected chi connectivity index (χ2v) is 1.88. The standard InChI is InChI=1S/C4H7N3O/c1-4-2-5-7(3-4)6-8/h2,4H,3H2,1H3. The highest BCUT2D eigenvalue weighted by Gasteiger charge is 2.11. The second-order valence-electron chi connectivity index (χ2n) is 1.88. The van der Waals surface area contributed by atoms with Crippen LogP contribution in [0.5, 0.6) is 0 Å². The summed E-state index contributed by atoms with van der Waals surface area (Å²) in [7, 11) is 0. The molecule has 44 valence electrons. The van der Waals surface area contributed by atoms with E-state index < -0.39 is 0 Å². The summed E-state index contributed by atoms with van der Waals surface area (Å²) < 4.78 is 0. The summed E-state index contributed by atoms with van der Waals surface area (Å²) in [4.78, 5) is 9.71. The van der Waals surface area contributed by atoms with Crippen LogP contribution in [-0.4, -0.2) is 17.9 Å². The zero-order chi connectivity index (χ0) is 5.98. The molecule has 4 nitrogen and oxygen atoms in total. The van der Waals surface area contributed by atoms with Gasteiger partial charge in [-0.3, -0.25) is 0 Å². The highest BCUT2D eigenvalue weighted by atomic mass is 16.3. The van der Waals surface area contributed by atoms with E-state index in [1.54, 1.807) is 6.21 Å². The highest BCUT2D eigenvalue weighted by molar-refractivity contribution is 5.61. The van der Waals surface area contributed by atoms with Crippen molar-refractivity contribution in [2.45, 2.75) is 6.92 Å². The summed E-state index contributed by atoms with van der Waals surface area (Å²) in [6, 6.07) is 0. The zero-order valence-corrected chi connectivity index (χ0v) is 4.61. The Kier molecular flexibility index (Phi) is 1.24. The van der Waals surface area contributed by atoms with Crippen molar-refractivity contribution in [1.82, 2.24) is 5.12 Å². The fourth-order valence-electron chi connectivity index (χ4n) is 0.597. The van der Waals surface area contributed by atoms with Crippen molar-refractivity contribution in [3.05, 3.63) is 4.91 Å². The van der Waals surface area contributed by atoms with Crippen LogP contribution in [0.3, 0.4) is 0 Å². The summed E-state index contributed by atoms with van der Waals surface area (Å²) in [5, 5.41) is 7.43. The lowest BCUT2D eigenvalue weighted by molar-refractivity contribution is 0.312. The van der Waals surface area contributed by atoms with E-state index in [0.29, 0.717) is 12.5 Å². The molecule has 4 heteroatoms. The van der Waals surface area contributed by atoms with Gasteiger partial charge in [-0.2, -0.15) is 5.10 Å². The zero-order valence-electron chi connectivity index (χ0n) is 4.61. The van der Waals surface area contributed by atoms with Gasteiger partial charge in [-0.25, -0.2) is 0 Å². The molecule has 1 unspecified atom stereocenters. The van der Waals surface area contributed by atoms with E-state index in [2.05, 4.69) is 10.4 Å². The number of hydrogen-bond acceptors (Lipinski definition) is 3. The van der Waals surface area contributed by atoms with E-state index in [1.807, 2.05) is 6.92 Å².